The van der Waals surface area contributed by atoms with Crippen molar-refractivity contribution in [2.45, 2.75) is 24.5 Å². The van der Waals surface area contributed by atoms with E-state index in [2.05, 4.69) is 0 Å². The standard InChI is InChI=1S/C16H15NO7S2/c1-2-16(25(20,21)17-26(22,23)24)8-7-12-13(9-16)15(19)11-6-4-3-5-10(11)14(12)18/h3-8,17H,2,9H2,1H3,(H,22,23,24). The summed E-state index contributed by atoms with van der Waals surface area (Å²) in [7, 11) is -9.62. The molecule has 1 aromatic rings. The molecule has 0 amide bonds. The molecule has 0 aliphatic heterocycles. The van der Waals surface area contributed by atoms with E-state index in [1.807, 2.05) is 0 Å². The van der Waals surface area contributed by atoms with Gasteiger partial charge < -0.3 is 0 Å². The molecule has 2 N–H and O–H groups in total. The highest BCUT2D eigenvalue weighted by atomic mass is 32.3. The summed E-state index contributed by atoms with van der Waals surface area (Å²) in [5.41, 5.74) is 0.527. The van der Waals surface area contributed by atoms with Crippen LogP contribution in [-0.4, -0.2) is 37.7 Å². The number of rotatable bonds is 4. The van der Waals surface area contributed by atoms with E-state index in [-0.39, 0.29) is 35.1 Å². The summed E-state index contributed by atoms with van der Waals surface area (Å²) >= 11 is 0. The van der Waals surface area contributed by atoms with Gasteiger partial charge in [-0.1, -0.05) is 47.5 Å². The number of ketones is 2. The van der Waals surface area contributed by atoms with E-state index < -0.39 is 36.6 Å². The molecule has 0 fully saturated rings. The molecule has 8 nitrogen and oxygen atoms in total. The molecular formula is C16H15NO7S2. The van der Waals surface area contributed by atoms with Gasteiger partial charge in [0.15, 0.2) is 11.6 Å². The van der Waals surface area contributed by atoms with Crippen molar-refractivity contribution in [3.05, 3.63) is 58.7 Å². The summed E-state index contributed by atoms with van der Waals surface area (Å²) in [6, 6.07) is 6.22. The van der Waals surface area contributed by atoms with Crippen molar-refractivity contribution in [3.8, 4) is 0 Å². The van der Waals surface area contributed by atoms with E-state index in [1.165, 1.54) is 35.3 Å². The highest BCUT2D eigenvalue weighted by Gasteiger charge is 2.47. The van der Waals surface area contributed by atoms with Crippen molar-refractivity contribution in [1.29, 1.82) is 0 Å². The summed E-state index contributed by atoms with van der Waals surface area (Å²) in [6.07, 6.45) is 1.98. The number of carbonyl (C=O) groups excluding carboxylic acids is 2. The Hall–Kier alpha value is -2.14. The van der Waals surface area contributed by atoms with Gasteiger partial charge in [0.1, 0.15) is 4.75 Å². The second-order valence-electron chi connectivity index (χ2n) is 6.09. The van der Waals surface area contributed by atoms with Crippen LogP contribution in [0, 0.1) is 0 Å². The highest BCUT2D eigenvalue weighted by molar-refractivity contribution is 8.03. The number of nitrogens with one attached hydrogen (secondary N) is 1. The van der Waals surface area contributed by atoms with Crippen molar-refractivity contribution in [2.75, 3.05) is 0 Å². The number of benzene rings is 1. The molecule has 1 unspecified atom stereocenters. The highest BCUT2D eigenvalue weighted by Crippen LogP contribution is 2.40. The van der Waals surface area contributed by atoms with Crippen LogP contribution in [0.2, 0.25) is 0 Å². The largest absolute Gasteiger partial charge is 0.346 e. The third kappa shape index (κ3) is 2.84. The predicted molar refractivity (Wildman–Crippen MR) is 92.5 cm³/mol. The van der Waals surface area contributed by atoms with Crippen molar-refractivity contribution in [1.82, 2.24) is 4.13 Å². The zero-order chi connectivity index (χ0) is 19.3. The lowest BCUT2D eigenvalue weighted by molar-refractivity contribution is 0.0972. The van der Waals surface area contributed by atoms with Gasteiger partial charge in [0.2, 0.25) is 10.0 Å². The second kappa shape index (κ2) is 5.95. The predicted octanol–water partition coefficient (Wildman–Crippen LogP) is 1.19. The van der Waals surface area contributed by atoms with Gasteiger partial charge in [-0.25, -0.2) is 8.42 Å². The molecule has 0 radical (unpaired) electrons. The fraction of sp³-hybridized carbons (Fsp3) is 0.250. The Labute approximate surface area is 150 Å². The molecule has 1 aromatic carbocycles. The minimum Gasteiger partial charge on any atom is -0.289 e. The average Bonchev–Trinajstić information content (AvgIpc) is 2.57. The van der Waals surface area contributed by atoms with Gasteiger partial charge in [-0.2, -0.15) is 8.42 Å². The first-order chi connectivity index (χ1) is 12.0. The first kappa shape index (κ1) is 18.6. The number of Topliss-reactive ketones (excluding diaryl/α,β-unsaturated/α-hetero) is 2. The van der Waals surface area contributed by atoms with Crippen LogP contribution >= 0.6 is 0 Å². The Morgan fingerprint density at radius 3 is 2.19 bits per heavy atom. The molecule has 138 valence electrons. The third-order valence-corrected chi connectivity index (χ3v) is 8.00. The molecule has 1 atom stereocenters. The van der Waals surface area contributed by atoms with E-state index in [1.54, 1.807) is 12.1 Å². The fourth-order valence-electron chi connectivity index (χ4n) is 3.23. The number of hydrogen-bond acceptors (Lipinski definition) is 6. The van der Waals surface area contributed by atoms with Crippen LogP contribution in [0.4, 0.5) is 0 Å². The normalized spacial score (nSPS) is 23.0. The second-order valence-corrected chi connectivity index (χ2v) is 9.52. The summed E-state index contributed by atoms with van der Waals surface area (Å²) in [5, 5.41) is 0. The number of carbonyl (C=O) groups is 2. The van der Waals surface area contributed by atoms with Crippen LogP contribution < -0.4 is 4.13 Å². The van der Waals surface area contributed by atoms with Gasteiger partial charge >= 0.3 is 10.3 Å². The molecule has 0 bridgehead atoms. The lowest BCUT2D eigenvalue weighted by Gasteiger charge is -2.34. The van der Waals surface area contributed by atoms with Gasteiger partial charge in [-0.15, -0.1) is 0 Å². The van der Waals surface area contributed by atoms with Crippen LogP contribution in [-0.2, 0) is 20.3 Å². The SMILES string of the molecule is CCC1(S(=O)(=O)NS(=O)(=O)O)C=CC2=C(C1)C(=O)c1ccccc1C2=O. The molecule has 10 heteroatoms. The maximum absolute atomic E-state index is 12.8. The summed E-state index contributed by atoms with van der Waals surface area (Å²) in [5.74, 6) is -0.865. The molecule has 2 aliphatic carbocycles. The van der Waals surface area contributed by atoms with Crippen LogP contribution in [0.25, 0.3) is 0 Å². The lowest BCUT2D eigenvalue weighted by Crippen LogP contribution is -2.48. The van der Waals surface area contributed by atoms with Crippen molar-refractivity contribution < 1.29 is 31.0 Å². The Balaban J connectivity index is 2.11. The molecule has 2 aliphatic rings. The topological polar surface area (TPSA) is 135 Å². The Morgan fingerprint density at radius 1 is 1.08 bits per heavy atom. The van der Waals surface area contributed by atoms with Crippen molar-refractivity contribution >= 4 is 31.9 Å². The molecular weight excluding hydrogens is 382 g/mol. The number of hydrogen-bond donors (Lipinski definition) is 2. The minimum absolute atomic E-state index is 0.0127. The molecule has 0 saturated carbocycles. The fourth-order valence-corrected chi connectivity index (χ4v) is 5.96. The smallest absolute Gasteiger partial charge is 0.289 e. The molecule has 26 heavy (non-hydrogen) atoms. The zero-order valence-corrected chi connectivity index (χ0v) is 15.2. The molecule has 3 rings (SSSR count). The first-order valence-corrected chi connectivity index (χ1v) is 10.5. The summed E-state index contributed by atoms with van der Waals surface area (Å²) < 4.78 is 55.4. The summed E-state index contributed by atoms with van der Waals surface area (Å²) in [4.78, 5) is 25.4. The Morgan fingerprint density at radius 2 is 1.65 bits per heavy atom. The van der Waals surface area contributed by atoms with E-state index in [0.29, 0.717) is 0 Å². The van der Waals surface area contributed by atoms with Crippen LogP contribution in [0.3, 0.4) is 0 Å². The quantitative estimate of drug-likeness (QED) is 0.729. The van der Waals surface area contributed by atoms with E-state index >= 15 is 0 Å². The van der Waals surface area contributed by atoms with E-state index in [9.17, 15) is 26.4 Å². The van der Waals surface area contributed by atoms with Crippen molar-refractivity contribution in [3.63, 3.8) is 0 Å². The van der Waals surface area contributed by atoms with Gasteiger partial charge in [0, 0.05) is 28.7 Å². The van der Waals surface area contributed by atoms with Gasteiger partial charge in [-0.05, 0) is 6.42 Å². The van der Waals surface area contributed by atoms with Gasteiger partial charge in [-0.3, -0.25) is 14.1 Å². The van der Waals surface area contributed by atoms with Crippen LogP contribution in [0.5, 0.6) is 0 Å². The zero-order valence-electron chi connectivity index (χ0n) is 13.6. The van der Waals surface area contributed by atoms with Crippen LogP contribution in [0.15, 0.2) is 47.6 Å². The molecule has 0 saturated heterocycles. The third-order valence-electron chi connectivity index (χ3n) is 4.64. The van der Waals surface area contributed by atoms with E-state index in [0.717, 1.165) is 0 Å². The molecule has 0 heterocycles. The Bertz CT molecular complexity index is 1100. The minimum atomic E-state index is -5.02. The number of allylic oxidation sites excluding steroid dienone is 3. The van der Waals surface area contributed by atoms with E-state index in [4.69, 9.17) is 4.55 Å². The molecule has 0 aromatic heterocycles. The maximum Gasteiger partial charge on any atom is 0.346 e. The van der Waals surface area contributed by atoms with Crippen LogP contribution in [0.1, 0.15) is 40.5 Å². The summed E-state index contributed by atoms with van der Waals surface area (Å²) in [6.45, 7) is 1.50. The monoisotopic (exact) mass is 397 g/mol. The molecule has 0 spiro atoms. The van der Waals surface area contributed by atoms with Crippen molar-refractivity contribution in [2.24, 2.45) is 0 Å². The number of fused-ring (bicyclic) bond motifs is 1. The maximum atomic E-state index is 12.8. The number of sulfonamides is 1. The van der Waals surface area contributed by atoms with Gasteiger partial charge in [0.05, 0.1) is 0 Å². The lowest BCUT2D eigenvalue weighted by atomic mass is 9.76. The van der Waals surface area contributed by atoms with Gasteiger partial charge in [0.25, 0.3) is 0 Å². The first-order valence-electron chi connectivity index (χ1n) is 7.63. The average molecular weight is 397 g/mol. The Kier molecular flexibility index (Phi) is 4.26.